The first-order valence-electron chi connectivity index (χ1n) is 7.50. The number of aromatic nitrogens is 1. The number of pyridine rings is 1. The van der Waals surface area contributed by atoms with Crippen molar-refractivity contribution in [2.75, 3.05) is 0 Å². The van der Waals surface area contributed by atoms with Crippen LogP contribution in [-0.4, -0.2) is 15.8 Å². The predicted molar refractivity (Wildman–Crippen MR) is 90.1 cm³/mol. The van der Waals surface area contributed by atoms with Gasteiger partial charge in [-0.1, -0.05) is 36.4 Å². The fourth-order valence-electron chi connectivity index (χ4n) is 2.59. The number of aromatic hydroxyl groups is 1. The number of hydrogen-bond acceptors (Lipinski definition) is 3. The summed E-state index contributed by atoms with van der Waals surface area (Å²) in [5.74, 6) is 0.127. The Morgan fingerprint density at radius 1 is 1.12 bits per heavy atom. The average molecular weight is 343 g/mol. The maximum absolute atomic E-state index is 9.80. The van der Waals surface area contributed by atoms with Crippen molar-refractivity contribution in [3.63, 3.8) is 0 Å². The van der Waals surface area contributed by atoms with Gasteiger partial charge in [0.2, 0.25) is 0 Å². The van der Waals surface area contributed by atoms with Crippen LogP contribution >= 0.6 is 0 Å². The van der Waals surface area contributed by atoms with Gasteiger partial charge in [0.15, 0.2) is 12.3 Å². The fraction of sp³-hybridized carbons (Fsp3) is 0.158. The lowest BCUT2D eigenvalue weighted by Gasteiger charge is -2.07. The lowest BCUT2D eigenvalue weighted by molar-refractivity contribution is -0.758. The molecule has 0 unspecified atom stereocenters. The molecular formula is C19H19ClN2O2. The molecule has 3 aromatic rings. The molecule has 2 aromatic carbocycles. The highest BCUT2D eigenvalue weighted by atomic mass is 35.5. The van der Waals surface area contributed by atoms with Crippen molar-refractivity contribution in [2.24, 2.45) is 0 Å². The summed E-state index contributed by atoms with van der Waals surface area (Å²) < 4.78 is 0. The van der Waals surface area contributed by atoms with E-state index in [-0.39, 0.29) is 18.2 Å². The number of fused-ring (bicyclic) bond motifs is 1. The molecule has 0 saturated carbocycles. The van der Waals surface area contributed by atoms with E-state index in [1.807, 2.05) is 19.1 Å². The Morgan fingerprint density at radius 2 is 1.92 bits per heavy atom. The summed E-state index contributed by atoms with van der Waals surface area (Å²) in [4.78, 5) is 9.78. The van der Waals surface area contributed by atoms with Crippen molar-refractivity contribution in [3.8, 4) is 5.75 Å². The molecule has 3 rings (SSSR count). The Hall–Kier alpha value is -2.59. The van der Waals surface area contributed by atoms with Crippen LogP contribution in [0.2, 0.25) is 0 Å². The zero-order valence-electron chi connectivity index (χ0n) is 13.6. The van der Waals surface area contributed by atoms with E-state index in [1.165, 1.54) is 16.3 Å². The van der Waals surface area contributed by atoms with Crippen molar-refractivity contribution < 1.29 is 27.5 Å². The molecule has 24 heavy (non-hydrogen) atoms. The lowest BCUT2D eigenvalue weighted by atomic mass is 10.0. The van der Waals surface area contributed by atoms with E-state index in [2.05, 4.69) is 41.3 Å². The van der Waals surface area contributed by atoms with E-state index in [1.54, 1.807) is 18.3 Å². The third-order valence-corrected chi connectivity index (χ3v) is 3.86. The molecule has 1 aromatic heterocycles. The van der Waals surface area contributed by atoms with Crippen LogP contribution in [0, 0.1) is 6.92 Å². The molecule has 0 fully saturated rings. The SMILES string of the molecule is CC(=[NH+]OCc1c(C)ccc2ccccc12)c1ncccc1O.[Cl-]. The Bertz CT molecular complexity index is 878. The molecule has 2 N–H and O–H groups in total. The first kappa shape index (κ1) is 17.8. The molecule has 0 radical (unpaired) electrons. The van der Waals surface area contributed by atoms with Gasteiger partial charge < -0.3 is 17.5 Å². The zero-order valence-corrected chi connectivity index (χ0v) is 14.3. The largest absolute Gasteiger partial charge is 1.00 e. The van der Waals surface area contributed by atoms with Crippen molar-refractivity contribution in [2.45, 2.75) is 20.5 Å². The first-order valence-corrected chi connectivity index (χ1v) is 7.50. The molecule has 0 aliphatic rings. The van der Waals surface area contributed by atoms with Gasteiger partial charge in [0.05, 0.1) is 0 Å². The minimum absolute atomic E-state index is 0. The van der Waals surface area contributed by atoms with Crippen LogP contribution in [0.3, 0.4) is 0 Å². The standard InChI is InChI=1S/C19H18N2O2.ClH/c1-13-9-10-15-6-3-4-7-16(15)17(13)12-23-21-14(2)19-18(22)8-5-11-20-19;/h3-11,22H,12H2,1-2H3;1H. The second-order valence-corrected chi connectivity index (χ2v) is 5.47. The quantitative estimate of drug-likeness (QED) is 0.486. The summed E-state index contributed by atoms with van der Waals surface area (Å²) in [6, 6.07) is 15.8. The molecule has 1 heterocycles. The third kappa shape index (κ3) is 3.66. The lowest BCUT2D eigenvalue weighted by Crippen LogP contribution is -3.00. The smallest absolute Gasteiger partial charge is 0.251 e. The molecule has 0 bridgehead atoms. The second-order valence-electron chi connectivity index (χ2n) is 5.47. The maximum atomic E-state index is 9.80. The molecule has 4 nitrogen and oxygen atoms in total. The Kier molecular flexibility index (Phi) is 5.77. The van der Waals surface area contributed by atoms with Crippen LogP contribution in [-0.2, 0) is 11.4 Å². The van der Waals surface area contributed by atoms with Crippen LogP contribution < -0.4 is 17.6 Å². The summed E-state index contributed by atoms with van der Waals surface area (Å²) in [6.07, 6.45) is 1.63. The second kappa shape index (κ2) is 7.79. The van der Waals surface area contributed by atoms with Gasteiger partial charge in [0.25, 0.3) is 5.71 Å². The van der Waals surface area contributed by atoms with Crippen molar-refractivity contribution in [1.82, 2.24) is 4.98 Å². The van der Waals surface area contributed by atoms with Crippen LogP contribution in [0.15, 0.2) is 54.7 Å². The number of rotatable bonds is 4. The summed E-state index contributed by atoms with van der Waals surface area (Å²) in [6.45, 7) is 4.32. The predicted octanol–water partition coefficient (Wildman–Crippen LogP) is -0.726. The normalized spacial score (nSPS) is 11.2. The van der Waals surface area contributed by atoms with Gasteiger partial charge in [-0.05, 0) is 40.5 Å². The molecule has 0 aliphatic carbocycles. The van der Waals surface area contributed by atoms with E-state index in [4.69, 9.17) is 4.84 Å². The summed E-state index contributed by atoms with van der Waals surface area (Å²) in [5.41, 5.74) is 3.49. The van der Waals surface area contributed by atoms with E-state index >= 15 is 0 Å². The molecule has 0 saturated heterocycles. The maximum Gasteiger partial charge on any atom is 0.251 e. The van der Waals surface area contributed by atoms with Crippen LogP contribution in [0.25, 0.3) is 10.8 Å². The molecule has 0 atom stereocenters. The average Bonchev–Trinajstić information content (AvgIpc) is 2.57. The van der Waals surface area contributed by atoms with Gasteiger partial charge in [-0.3, -0.25) is 4.84 Å². The minimum atomic E-state index is 0. The molecular weight excluding hydrogens is 324 g/mol. The number of nitrogens with one attached hydrogen (secondary N) is 1. The first-order chi connectivity index (χ1) is 11.2. The highest BCUT2D eigenvalue weighted by Gasteiger charge is 2.12. The van der Waals surface area contributed by atoms with Gasteiger partial charge in [-0.25, -0.2) is 4.98 Å². The van der Waals surface area contributed by atoms with Crippen LogP contribution in [0.1, 0.15) is 23.7 Å². The Balaban J connectivity index is 0.00000208. The van der Waals surface area contributed by atoms with E-state index in [9.17, 15) is 5.11 Å². The van der Waals surface area contributed by atoms with Crippen molar-refractivity contribution in [1.29, 1.82) is 0 Å². The molecule has 0 aliphatic heterocycles. The van der Waals surface area contributed by atoms with E-state index < -0.39 is 0 Å². The molecule has 0 amide bonds. The summed E-state index contributed by atoms with van der Waals surface area (Å²) in [5, 5.41) is 15.1. The number of hydrogen-bond donors (Lipinski definition) is 2. The monoisotopic (exact) mass is 342 g/mol. The van der Waals surface area contributed by atoms with Gasteiger partial charge in [-0.2, -0.15) is 0 Å². The molecule has 124 valence electrons. The third-order valence-electron chi connectivity index (χ3n) is 3.86. The van der Waals surface area contributed by atoms with Crippen molar-refractivity contribution >= 4 is 16.5 Å². The van der Waals surface area contributed by atoms with E-state index in [0.717, 1.165) is 5.56 Å². The topological polar surface area (TPSA) is 56.3 Å². The van der Waals surface area contributed by atoms with Gasteiger partial charge in [0, 0.05) is 18.7 Å². The number of nitrogens with zero attached hydrogens (tertiary/aromatic N) is 1. The van der Waals surface area contributed by atoms with Gasteiger partial charge in [0.1, 0.15) is 5.75 Å². The number of aryl methyl sites for hydroxylation is 1. The van der Waals surface area contributed by atoms with E-state index in [0.29, 0.717) is 18.0 Å². The highest BCUT2D eigenvalue weighted by Crippen LogP contribution is 2.22. The number of benzene rings is 2. The van der Waals surface area contributed by atoms with Crippen LogP contribution in [0.4, 0.5) is 0 Å². The number of halogens is 1. The summed E-state index contributed by atoms with van der Waals surface area (Å²) in [7, 11) is 0. The van der Waals surface area contributed by atoms with Gasteiger partial charge in [-0.15, -0.1) is 0 Å². The fourth-order valence-corrected chi connectivity index (χ4v) is 2.59. The zero-order chi connectivity index (χ0) is 16.2. The Labute approximate surface area is 147 Å². The molecule has 5 heteroatoms. The summed E-state index contributed by atoms with van der Waals surface area (Å²) >= 11 is 0. The van der Waals surface area contributed by atoms with Crippen molar-refractivity contribution in [3.05, 3.63) is 71.5 Å². The Morgan fingerprint density at radius 3 is 2.71 bits per heavy atom. The molecule has 0 spiro atoms. The highest BCUT2D eigenvalue weighted by molar-refractivity contribution is 5.94. The minimum Gasteiger partial charge on any atom is -1.00 e. The van der Waals surface area contributed by atoms with Gasteiger partial charge >= 0.3 is 0 Å². The van der Waals surface area contributed by atoms with Crippen LogP contribution in [0.5, 0.6) is 5.75 Å².